The zero-order valence-corrected chi connectivity index (χ0v) is 16.2. The van der Waals surface area contributed by atoms with E-state index < -0.39 is 0 Å². The highest BCUT2D eigenvalue weighted by Gasteiger charge is 2.13. The van der Waals surface area contributed by atoms with Gasteiger partial charge in [-0.3, -0.25) is 4.79 Å². The van der Waals surface area contributed by atoms with E-state index in [0.717, 1.165) is 33.4 Å². The molecule has 0 radical (unpaired) electrons. The maximum atomic E-state index is 12.3. The fourth-order valence-electron chi connectivity index (χ4n) is 2.58. The third kappa shape index (κ3) is 4.14. The monoisotopic (exact) mass is 366 g/mol. The maximum absolute atomic E-state index is 12.3. The van der Waals surface area contributed by atoms with E-state index in [2.05, 4.69) is 34.6 Å². The van der Waals surface area contributed by atoms with E-state index in [1.807, 2.05) is 55.8 Å². The van der Waals surface area contributed by atoms with Crippen LogP contribution in [0.15, 0.2) is 47.6 Å². The number of hydrogen-bond acceptors (Lipinski definition) is 4. The summed E-state index contributed by atoms with van der Waals surface area (Å²) in [5, 5.41) is 12.2. The number of carbonyl (C=O) groups is 1. The van der Waals surface area contributed by atoms with Gasteiger partial charge < -0.3 is 9.88 Å². The Morgan fingerprint density at radius 1 is 1.04 bits per heavy atom. The molecular weight excluding hydrogens is 344 g/mol. The number of benzene rings is 2. The summed E-state index contributed by atoms with van der Waals surface area (Å²) in [4.78, 5) is 12.3. The van der Waals surface area contributed by atoms with Crippen molar-refractivity contribution in [3.05, 3.63) is 59.2 Å². The third-order valence-corrected chi connectivity index (χ3v) is 5.16. The molecule has 1 amide bonds. The normalized spacial score (nSPS) is 10.8. The SMILES string of the molecule is Cc1ccc(-c2nnc(SCC(=O)Nc3cc(C)ccc3C)n2C)cc1. The molecule has 3 rings (SSSR count). The van der Waals surface area contributed by atoms with Crippen molar-refractivity contribution in [3.8, 4) is 11.4 Å². The number of carbonyl (C=O) groups excluding carboxylic acids is 1. The Balaban J connectivity index is 1.65. The largest absolute Gasteiger partial charge is 0.325 e. The average Bonchev–Trinajstić information content (AvgIpc) is 2.98. The van der Waals surface area contributed by atoms with Crippen molar-refractivity contribution in [2.45, 2.75) is 25.9 Å². The summed E-state index contributed by atoms with van der Waals surface area (Å²) >= 11 is 1.38. The number of anilines is 1. The molecule has 0 aliphatic heterocycles. The van der Waals surface area contributed by atoms with E-state index in [4.69, 9.17) is 0 Å². The van der Waals surface area contributed by atoms with Crippen molar-refractivity contribution in [3.63, 3.8) is 0 Å². The lowest BCUT2D eigenvalue weighted by Gasteiger charge is -2.09. The van der Waals surface area contributed by atoms with Gasteiger partial charge in [0, 0.05) is 18.3 Å². The van der Waals surface area contributed by atoms with Gasteiger partial charge in [-0.25, -0.2) is 0 Å². The minimum absolute atomic E-state index is 0.0522. The van der Waals surface area contributed by atoms with Crippen molar-refractivity contribution in [2.75, 3.05) is 11.1 Å². The molecule has 0 spiro atoms. The molecule has 1 heterocycles. The van der Waals surface area contributed by atoms with Crippen LogP contribution in [0.25, 0.3) is 11.4 Å². The molecule has 6 heteroatoms. The second-order valence-electron chi connectivity index (χ2n) is 6.39. The number of rotatable bonds is 5. The van der Waals surface area contributed by atoms with Crippen LogP contribution in [0.2, 0.25) is 0 Å². The van der Waals surface area contributed by atoms with Crippen molar-refractivity contribution in [2.24, 2.45) is 7.05 Å². The predicted octanol–water partition coefficient (Wildman–Crippen LogP) is 4.14. The van der Waals surface area contributed by atoms with Gasteiger partial charge in [-0.2, -0.15) is 0 Å². The van der Waals surface area contributed by atoms with Crippen molar-refractivity contribution in [1.29, 1.82) is 0 Å². The van der Waals surface area contributed by atoms with Gasteiger partial charge >= 0.3 is 0 Å². The lowest BCUT2D eigenvalue weighted by atomic mass is 10.1. The van der Waals surface area contributed by atoms with Gasteiger partial charge in [0.05, 0.1) is 5.75 Å². The molecule has 0 atom stereocenters. The van der Waals surface area contributed by atoms with Crippen LogP contribution < -0.4 is 5.32 Å². The highest BCUT2D eigenvalue weighted by molar-refractivity contribution is 7.99. The summed E-state index contributed by atoms with van der Waals surface area (Å²) in [6.45, 7) is 6.05. The second kappa shape index (κ2) is 7.74. The Hall–Kier alpha value is -2.60. The summed E-state index contributed by atoms with van der Waals surface area (Å²) in [5.41, 5.74) is 5.24. The Morgan fingerprint density at radius 3 is 2.46 bits per heavy atom. The first-order valence-electron chi connectivity index (χ1n) is 8.40. The number of hydrogen-bond donors (Lipinski definition) is 1. The molecule has 0 saturated heterocycles. The third-order valence-electron chi connectivity index (χ3n) is 4.14. The van der Waals surface area contributed by atoms with Crippen LogP contribution in [0.3, 0.4) is 0 Å². The summed E-state index contributed by atoms with van der Waals surface area (Å²) in [7, 11) is 1.92. The smallest absolute Gasteiger partial charge is 0.234 e. The van der Waals surface area contributed by atoms with Crippen LogP contribution in [-0.4, -0.2) is 26.4 Å². The molecule has 0 fully saturated rings. The van der Waals surface area contributed by atoms with Gasteiger partial charge in [0.15, 0.2) is 11.0 Å². The first-order chi connectivity index (χ1) is 12.4. The van der Waals surface area contributed by atoms with Crippen molar-refractivity contribution in [1.82, 2.24) is 14.8 Å². The molecule has 2 aromatic carbocycles. The zero-order chi connectivity index (χ0) is 18.7. The Bertz CT molecular complexity index is 931. The quantitative estimate of drug-likeness (QED) is 0.690. The summed E-state index contributed by atoms with van der Waals surface area (Å²) in [6, 6.07) is 14.2. The van der Waals surface area contributed by atoms with E-state index in [9.17, 15) is 4.79 Å². The van der Waals surface area contributed by atoms with Crippen molar-refractivity contribution >= 4 is 23.4 Å². The van der Waals surface area contributed by atoms with E-state index in [-0.39, 0.29) is 11.7 Å². The molecule has 0 aliphatic rings. The molecule has 0 aliphatic carbocycles. The summed E-state index contributed by atoms with van der Waals surface area (Å²) in [5.74, 6) is 1.03. The zero-order valence-electron chi connectivity index (χ0n) is 15.4. The van der Waals surface area contributed by atoms with Gasteiger partial charge in [-0.1, -0.05) is 53.7 Å². The standard InChI is InChI=1S/C20H22N4OS/c1-13-6-9-16(10-7-13)19-22-23-20(24(19)4)26-12-18(25)21-17-11-14(2)5-8-15(17)3/h5-11H,12H2,1-4H3,(H,21,25). The molecule has 1 N–H and O–H groups in total. The van der Waals surface area contributed by atoms with Gasteiger partial charge in [0.25, 0.3) is 0 Å². The Kier molecular flexibility index (Phi) is 5.42. The van der Waals surface area contributed by atoms with Crippen LogP contribution in [0, 0.1) is 20.8 Å². The lowest BCUT2D eigenvalue weighted by molar-refractivity contribution is -0.113. The lowest BCUT2D eigenvalue weighted by Crippen LogP contribution is -2.15. The number of aromatic nitrogens is 3. The number of thioether (sulfide) groups is 1. The van der Waals surface area contributed by atoms with Crippen LogP contribution in [0.1, 0.15) is 16.7 Å². The minimum Gasteiger partial charge on any atom is -0.325 e. The number of nitrogens with one attached hydrogen (secondary N) is 1. The van der Waals surface area contributed by atoms with Gasteiger partial charge in [-0.15, -0.1) is 10.2 Å². The first-order valence-corrected chi connectivity index (χ1v) is 9.39. The fraction of sp³-hybridized carbons (Fsp3) is 0.250. The van der Waals surface area contributed by atoms with Gasteiger partial charge in [0.1, 0.15) is 0 Å². The molecule has 0 unspecified atom stereocenters. The number of aryl methyl sites for hydroxylation is 3. The second-order valence-corrected chi connectivity index (χ2v) is 7.33. The first kappa shape index (κ1) is 18.2. The van der Waals surface area contributed by atoms with Crippen LogP contribution >= 0.6 is 11.8 Å². The van der Waals surface area contributed by atoms with Crippen LogP contribution in [0.5, 0.6) is 0 Å². The topological polar surface area (TPSA) is 59.8 Å². The highest BCUT2D eigenvalue weighted by atomic mass is 32.2. The summed E-state index contributed by atoms with van der Waals surface area (Å²) in [6.07, 6.45) is 0. The van der Waals surface area contributed by atoms with Gasteiger partial charge in [0.2, 0.25) is 5.91 Å². The maximum Gasteiger partial charge on any atom is 0.234 e. The molecule has 1 aromatic heterocycles. The molecule has 0 saturated carbocycles. The average molecular weight is 366 g/mol. The molecule has 0 bridgehead atoms. The number of nitrogens with zero attached hydrogens (tertiary/aromatic N) is 3. The molecular formula is C20H22N4OS. The van der Waals surface area contributed by atoms with E-state index in [1.165, 1.54) is 17.3 Å². The van der Waals surface area contributed by atoms with E-state index >= 15 is 0 Å². The van der Waals surface area contributed by atoms with Crippen molar-refractivity contribution < 1.29 is 4.79 Å². The molecule has 3 aromatic rings. The van der Waals surface area contributed by atoms with E-state index in [1.54, 1.807) is 0 Å². The van der Waals surface area contributed by atoms with Crippen LogP contribution in [-0.2, 0) is 11.8 Å². The summed E-state index contributed by atoms with van der Waals surface area (Å²) < 4.78 is 1.92. The Labute approximate surface area is 157 Å². The number of amides is 1. The molecule has 134 valence electrons. The van der Waals surface area contributed by atoms with Crippen LogP contribution in [0.4, 0.5) is 5.69 Å². The fourth-order valence-corrected chi connectivity index (χ4v) is 3.29. The molecule has 5 nitrogen and oxygen atoms in total. The minimum atomic E-state index is -0.0522. The predicted molar refractivity (Wildman–Crippen MR) is 106 cm³/mol. The molecule has 26 heavy (non-hydrogen) atoms. The Morgan fingerprint density at radius 2 is 1.73 bits per heavy atom. The van der Waals surface area contributed by atoms with Gasteiger partial charge in [-0.05, 0) is 38.0 Å². The van der Waals surface area contributed by atoms with E-state index in [0.29, 0.717) is 0 Å². The highest BCUT2D eigenvalue weighted by Crippen LogP contribution is 2.23.